The Bertz CT molecular complexity index is 950. The number of amides is 1. The molecule has 0 saturated carbocycles. The first-order valence-electron chi connectivity index (χ1n) is 10.4. The van der Waals surface area contributed by atoms with E-state index in [1.807, 2.05) is 25.1 Å². The highest BCUT2D eigenvalue weighted by atomic mass is 35.5. The highest BCUT2D eigenvalue weighted by molar-refractivity contribution is 7.88. The highest BCUT2D eigenvalue weighted by Crippen LogP contribution is 2.23. The number of nitrogens with zero attached hydrogens (tertiary/aromatic N) is 1. The largest absolute Gasteiger partial charge is 0.353 e. The van der Waals surface area contributed by atoms with Crippen LogP contribution in [0.4, 0.5) is 0 Å². The van der Waals surface area contributed by atoms with Gasteiger partial charge in [-0.3, -0.25) is 4.79 Å². The van der Waals surface area contributed by atoms with Crippen LogP contribution in [-0.4, -0.2) is 37.8 Å². The third-order valence-corrected chi connectivity index (χ3v) is 7.54. The minimum Gasteiger partial charge on any atom is -0.353 e. The van der Waals surface area contributed by atoms with Gasteiger partial charge in [0.2, 0.25) is 15.9 Å². The number of aryl methyl sites for hydroxylation is 1. The van der Waals surface area contributed by atoms with Gasteiger partial charge >= 0.3 is 0 Å². The van der Waals surface area contributed by atoms with E-state index in [2.05, 4.69) is 17.4 Å². The number of benzene rings is 2. The highest BCUT2D eigenvalue weighted by Gasteiger charge is 2.32. The molecular weight excluding hydrogens is 420 g/mol. The second-order valence-corrected chi connectivity index (χ2v) is 10.4. The van der Waals surface area contributed by atoms with Gasteiger partial charge in [0.05, 0.1) is 11.7 Å². The summed E-state index contributed by atoms with van der Waals surface area (Å²) in [5, 5.41) is 3.59. The fourth-order valence-corrected chi connectivity index (χ4v) is 5.61. The number of hydrogen-bond acceptors (Lipinski definition) is 3. The van der Waals surface area contributed by atoms with Crippen LogP contribution in [0, 0.1) is 5.92 Å². The van der Waals surface area contributed by atoms with Crippen LogP contribution in [0.25, 0.3) is 0 Å². The monoisotopic (exact) mass is 448 g/mol. The predicted molar refractivity (Wildman–Crippen MR) is 121 cm³/mol. The molecule has 2 aromatic rings. The minimum absolute atomic E-state index is 0.0381. The quantitative estimate of drug-likeness (QED) is 0.663. The molecular formula is C23H29ClN2O3S. The van der Waals surface area contributed by atoms with Gasteiger partial charge in [0.25, 0.3) is 0 Å². The fourth-order valence-electron chi connectivity index (χ4n) is 3.80. The molecule has 1 saturated heterocycles. The average molecular weight is 449 g/mol. The van der Waals surface area contributed by atoms with Crippen molar-refractivity contribution in [3.63, 3.8) is 0 Å². The van der Waals surface area contributed by atoms with Gasteiger partial charge in [0.1, 0.15) is 0 Å². The van der Waals surface area contributed by atoms with Crippen LogP contribution in [0.5, 0.6) is 0 Å². The lowest BCUT2D eigenvalue weighted by atomic mass is 9.98. The molecule has 0 spiro atoms. The van der Waals surface area contributed by atoms with E-state index in [4.69, 9.17) is 11.6 Å². The molecule has 0 radical (unpaired) electrons. The second-order valence-electron chi connectivity index (χ2n) is 8.02. The van der Waals surface area contributed by atoms with Crippen molar-refractivity contribution in [1.82, 2.24) is 9.62 Å². The van der Waals surface area contributed by atoms with Crippen molar-refractivity contribution >= 4 is 27.5 Å². The number of rotatable bonds is 8. The van der Waals surface area contributed by atoms with E-state index in [0.717, 1.165) is 12.8 Å². The summed E-state index contributed by atoms with van der Waals surface area (Å²) in [7, 11) is -3.50. The zero-order chi connectivity index (χ0) is 21.6. The number of piperidine rings is 1. The van der Waals surface area contributed by atoms with Crippen molar-refractivity contribution in [2.75, 3.05) is 13.1 Å². The van der Waals surface area contributed by atoms with E-state index >= 15 is 0 Å². The van der Waals surface area contributed by atoms with Crippen molar-refractivity contribution in [2.45, 2.75) is 44.4 Å². The number of hydrogen-bond donors (Lipinski definition) is 1. The molecule has 162 valence electrons. The van der Waals surface area contributed by atoms with E-state index in [9.17, 15) is 13.2 Å². The topological polar surface area (TPSA) is 66.5 Å². The molecule has 3 rings (SSSR count). The minimum atomic E-state index is -3.50. The molecule has 30 heavy (non-hydrogen) atoms. The van der Waals surface area contributed by atoms with E-state index in [1.54, 1.807) is 24.3 Å². The Morgan fingerprint density at radius 2 is 1.90 bits per heavy atom. The SMILES string of the molecule is C[C@H](CCc1ccccc1)NC(=O)[C@@H]1CCCN(S(=O)(=O)Cc2cccc(Cl)c2)C1. The van der Waals surface area contributed by atoms with Crippen LogP contribution in [0.15, 0.2) is 54.6 Å². The van der Waals surface area contributed by atoms with Gasteiger partial charge in [-0.25, -0.2) is 12.7 Å². The van der Waals surface area contributed by atoms with E-state index in [-0.39, 0.29) is 30.2 Å². The zero-order valence-electron chi connectivity index (χ0n) is 17.3. The Kier molecular flexibility index (Phi) is 7.92. The Balaban J connectivity index is 1.53. The molecule has 1 N–H and O–H groups in total. The number of halogens is 1. The normalized spacial score (nSPS) is 18.7. The summed E-state index contributed by atoms with van der Waals surface area (Å²) in [4.78, 5) is 12.7. The van der Waals surface area contributed by atoms with Gasteiger partial charge in [-0.15, -0.1) is 0 Å². The first-order valence-corrected chi connectivity index (χ1v) is 12.4. The number of carbonyl (C=O) groups excluding carboxylic acids is 1. The maximum absolute atomic E-state index is 12.9. The van der Waals surface area contributed by atoms with Crippen molar-refractivity contribution < 1.29 is 13.2 Å². The zero-order valence-corrected chi connectivity index (χ0v) is 18.8. The summed E-state index contributed by atoms with van der Waals surface area (Å²) in [6.07, 6.45) is 3.14. The summed E-state index contributed by atoms with van der Waals surface area (Å²) in [6.45, 7) is 2.69. The smallest absolute Gasteiger partial charge is 0.224 e. The lowest BCUT2D eigenvalue weighted by Crippen LogP contribution is -2.47. The van der Waals surface area contributed by atoms with Gasteiger partial charge in [-0.2, -0.15) is 0 Å². The van der Waals surface area contributed by atoms with Crippen molar-refractivity contribution in [3.05, 3.63) is 70.7 Å². The summed E-state index contributed by atoms with van der Waals surface area (Å²) < 4.78 is 27.2. The first kappa shape index (κ1) is 22.8. The molecule has 0 bridgehead atoms. The van der Waals surface area contributed by atoms with Crippen molar-refractivity contribution in [2.24, 2.45) is 5.92 Å². The Morgan fingerprint density at radius 3 is 2.63 bits per heavy atom. The van der Waals surface area contributed by atoms with Gasteiger partial charge < -0.3 is 5.32 Å². The predicted octanol–water partition coefficient (Wildman–Crippen LogP) is 4.02. The van der Waals surface area contributed by atoms with Gasteiger partial charge in [0.15, 0.2) is 0 Å². The fraction of sp³-hybridized carbons (Fsp3) is 0.435. The number of nitrogens with one attached hydrogen (secondary N) is 1. The summed E-state index contributed by atoms with van der Waals surface area (Å²) in [6, 6.07) is 17.1. The maximum Gasteiger partial charge on any atom is 0.224 e. The Hall–Kier alpha value is -1.89. The van der Waals surface area contributed by atoms with Crippen LogP contribution in [0.3, 0.4) is 0 Å². The molecule has 1 aliphatic heterocycles. The van der Waals surface area contributed by atoms with Crippen LogP contribution in [0.1, 0.15) is 37.3 Å². The van der Waals surface area contributed by atoms with Crippen LogP contribution >= 0.6 is 11.6 Å². The number of carbonyl (C=O) groups is 1. The van der Waals surface area contributed by atoms with Gasteiger partial charge in [-0.1, -0.05) is 54.1 Å². The van der Waals surface area contributed by atoms with Crippen LogP contribution in [0.2, 0.25) is 5.02 Å². The van der Waals surface area contributed by atoms with Gasteiger partial charge in [-0.05, 0) is 55.9 Å². The lowest BCUT2D eigenvalue weighted by Gasteiger charge is -2.32. The van der Waals surface area contributed by atoms with Gasteiger partial charge in [0, 0.05) is 24.2 Å². The number of sulfonamides is 1. The summed E-state index contributed by atoms with van der Waals surface area (Å²) in [5.74, 6) is -0.472. The molecule has 5 nitrogen and oxygen atoms in total. The second kappa shape index (κ2) is 10.4. The van der Waals surface area contributed by atoms with E-state index in [0.29, 0.717) is 30.0 Å². The lowest BCUT2D eigenvalue weighted by molar-refractivity contribution is -0.126. The molecule has 1 amide bonds. The molecule has 1 fully saturated rings. The molecule has 1 heterocycles. The molecule has 2 aromatic carbocycles. The maximum atomic E-state index is 12.9. The molecule has 2 atom stereocenters. The summed E-state index contributed by atoms with van der Waals surface area (Å²) in [5.41, 5.74) is 1.90. The standard InChI is InChI=1S/C23H29ClN2O3S/c1-18(12-13-19-7-3-2-4-8-19)25-23(27)21-10-6-14-26(16-21)30(28,29)17-20-9-5-11-22(24)15-20/h2-5,7-9,11,15,18,21H,6,10,12-14,16-17H2,1H3,(H,25,27)/t18-,21-/m1/s1. The molecule has 1 aliphatic rings. The molecule has 0 unspecified atom stereocenters. The van der Waals surface area contributed by atoms with Crippen molar-refractivity contribution in [1.29, 1.82) is 0 Å². The first-order chi connectivity index (χ1) is 14.3. The average Bonchev–Trinajstić information content (AvgIpc) is 2.73. The molecule has 0 aliphatic carbocycles. The molecule has 0 aromatic heterocycles. The van der Waals surface area contributed by atoms with E-state index in [1.165, 1.54) is 9.87 Å². The Morgan fingerprint density at radius 1 is 1.17 bits per heavy atom. The van der Waals surface area contributed by atoms with Crippen LogP contribution < -0.4 is 5.32 Å². The van der Waals surface area contributed by atoms with E-state index < -0.39 is 10.0 Å². The van der Waals surface area contributed by atoms with Crippen LogP contribution in [-0.2, 0) is 27.0 Å². The third-order valence-electron chi connectivity index (χ3n) is 5.48. The van der Waals surface area contributed by atoms with Crippen molar-refractivity contribution in [3.8, 4) is 0 Å². The molecule has 7 heteroatoms. The third kappa shape index (κ3) is 6.56. The Labute approximate surface area is 184 Å². The summed E-state index contributed by atoms with van der Waals surface area (Å²) >= 11 is 5.98.